The largest absolute Gasteiger partial charge is 0.496 e. The van der Waals surface area contributed by atoms with E-state index in [0.29, 0.717) is 17.2 Å². The van der Waals surface area contributed by atoms with E-state index in [-0.39, 0.29) is 5.82 Å². The highest BCUT2D eigenvalue weighted by atomic mass is 19.1. The molecule has 3 aromatic rings. The molecule has 0 N–H and O–H groups in total. The van der Waals surface area contributed by atoms with Crippen molar-refractivity contribution >= 4 is 0 Å². The molecule has 3 rings (SSSR count). The summed E-state index contributed by atoms with van der Waals surface area (Å²) in [6.45, 7) is 0. The first-order valence-electron chi connectivity index (χ1n) is 5.98. The normalized spacial score (nSPS) is 10.5. The van der Waals surface area contributed by atoms with Crippen molar-refractivity contribution in [2.75, 3.05) is 7.11 Å². The molecule has 0 unspecified atom stereocenters. The number of hydrogen-bond donors (Lipinski definition) is 0. The second-order valence-electron chi connectivity index (χ2n) is 4.17. The molecule has 4 nitrogen and oxygen atoms in total. The first-order valence-corrected chi connectivity index (χ1v) is 5.98. The van der Waals surface area contributed by atoms with Gasteiger partial charge in [0.25, 0.3) is 0 Å². The number of halogens is 1. The zero-order chi connectivity index (χ0) is 13.9. The molecule has 20 heavy (non-hydrogen) atoms. The summed E-state index contributed by atoms with van der Waals surface area (Å²) in [7, 11) is 1.56. The Labute approximate surface area is 114 Å². The van der Waals surface area contributed by atoms with E-state index in [0.717, 1.165) is 11.1 Å². The minimum absolute atomic E-state index is 0.304. The molecular weight excluding hydrogens is 259 g/mol. The topological polar surface area (TPSA) is 48.2 Å². The lowest BCUT2D eigenvalue weighted by molar-refractivity contribution is 0.415. The minimum atomic E-state index is -0.304. The van der Waals surface area contributed by atoms with Crippen LogP contribution in [-0.4, -0.2) is 17.3 Å². The number of rotatable bonds is 3. The molecule has 0 saturated carbocycles. The van der Waals surface area contributed by atoms with Crippen LogP contribution in [0.15, 0.2) is 53.3 Å². The lowest BCUT2D eigenvalue weighted by atomic mass is 10.0. The molecule has 2 aromatic carbocycles. The number of aromatic nitrogens is 2. The third kappa shape index (κ3) is 2.25. The van der Waals surface area contributed by atoms with E-state index in [1.807, 2.05) is 24.3 Å². The fraction of sp³-hybridized carbons (Fsp3) is 0.0667. The highest BCUT2D eigenvalue weighted by Crippen LogP contribution is 2.31. The molecule has 0 aliphatic rings. The van der Waals surface area contributed by atoms with Crippen LogP contribution in [0.1, 0.15) is 0 Å². The van der Waals surface area contributed by atoms with Crippen LogP contribution in [0.3, 0.4) is 0 Å². The molecule has 0 spiro atoms. The molecule has 5 heteroatoms. The van der Waals surface area contributed by atoms with Gasteiger partial charge in [-0.25, -0.2) is 4.39 Å². The molecule has 0 atom stereocenters. The SMILES string of the molecule is COc1ccc(F)cc1-c1ccc(-c2nnco2)cc1. The summed E-state index contributed by atoms with van der Waals surface area (Å²) in [5.41, 5.74) is 2.36. The summed E-state index contributed by atoms with van der Waals surface area (Å²) in [6, 6.07) is 11.8. The van der Waals surface area contributed by atoms with Crippen LogP contribution >= 0.6 is 0 Å². The summed E-state index contributed by atoms with van der Waals surface area (Å²) in [4.78, 5) is 0. The van der Waals surface area contributed by atoms with Crippen molar-refractivity contribution < 1.29 is 13.5 Å². The van der Waals surface area contributed by atoms with Crippen molar-refractivity contribution in [1.29, 1.82) is 0 Å². The van der Waals surface area contributed by atoms with Gasteiger partial charge in [-0.2, -0.15) is 0 Å². The predicted molar refractivity (Wildman–Crippen MR) is 71.7 cm³/mol. The maximum absolute atomic E-state index is 13.4. The number of methoxy groups -OCH3 is 1. The zero-order valence-corrected chi connectivity index (χ0v) is 10.7. The molecule has 1 heterocycles. The van der Waals surface area contributed by atoms with Gasteiger partial charge in [0.15, 0.2) is 0 Å². The third-order valence-corrected chi connectivity index (χ3v) is 2.96. The Bertz CT molecular complexity index is 709. The lowest BCUT2D eigenvalue weighted by Crippen LogP contribution is -1.89. The van der Waals surface area contributed by atoms with Gasteiger partial charge in [-0.3, -0.25) is 0 Å². The number of hydrogen-bond acceptors (Lipinski definition) is 4. The van der Waals surface area contributed by atoms with Gasteiger partial charge >= 0.3 is 0 Å². The Hall–Kier alpha value is -2.69. The molecule has 0 bridgehead atoms. The van der Waals surface area contributed by atoms with E-state index < -0.39 is 0 Å². The van der Waals surface area contributed by atoms with Gasteiger partial charge in [0.1, 0.15) is 11.6 Å². The molecule has 0 amide bonds. The average molecular weight is 270 g/mol. The second kappa shape index (κ2) is 5.13. The van der Waals surface area contributed by atoms with Crippen LogP contribution in [0.2, 0.25) is 0 Å². The summed E-state index contributed by atoms with van der Waals surface area (Å²) < 4.78 is 23.8. The van der Waals surface area contributed by atoms with Crippen LogP contribution in [0.5, 0.6) is 5.75 Å². The maximum Gasteiger partial charge on any atom is 0.247 e. The lowest BCUT2D eigenvalue weighted by Gasteiger charge is -2.09. The van der Waals surface area contributed by atoms with E-state index >= 15 is 0 Å². The van der Waals surface area contributed by atoms with Gasteiger partial charge in [-0.15, -0.1) is 10.2 Å². The Kier molecular flexibility index (Phi) is 3.16. The zero-order valence-electron chi connectivity index (χ0n) is 10.7. The van der Waals surface area contributed by atoms with Crippen LogP contribution in [0, 0.1) is 5.82 Å². The van der Waals surface area contributed by atoms with Gasteiger partial charge in [-0.1, -0.05) is 12.1 Å². The predicted octanol–water partition coefficient (Wildman–Crippen LogP) is 3.55. The molecular formula is C15H11FN2O2. The number of nitrogens with zero attached hydrogens (tertiary/aromatic N) is 2. The minimum Gasteiger partial charge on any atom is -0.496 e. The summed E-state index contributed by atoms with van der Waals surface area (Å²) in [5.74, 6) is 0.765. The fourth-order valence-corrected chi connectivity index (χ4v) is 2.00. The van der Waals surface area contributed by atoms with E-state index in [1.165, 1.54) is 18.5 Å². The van der Waals surface area contributed by atoms with Gasteiger partial charge < -0.3 is 9.15 Å². The van der Waals surface area contributed by atoms with E-state index in [9.17, 15) is 4.39 Å². The molecule has 0 saturated heterocycles. The third-order valence-electron chi connectivity index (χ3n) is 2.96. The van der Waals surface area contributed by atoms with Crippen LogP contribution in [-0.2, 0) is 0 Å². The van der Waals surface area contributed by atoms with Gasteiger partial charge in [0, 0.05) is 11.1 Å². The standard InChI is InChI=1S/C15H11FN2O2/c1-19-14-7-6-12(16)8-13(14)10-2-4-11(5-3-10)15-18-17-9-20-15/h2-9H,1H3. The Balaban J connectivity index is 2.01. The highest BCUT2D eigenvalue weighted by molar-refractivity contribution is 5.72. The van der Waals surface area contributed by atoms with E-state index in [4.69, 9.17) is 9.15 Å². The van der Waals surface area contributed by atoms with Crippen LogP contribution in [0.4, 0.5) is 4.39 Å². The summed E-state index contributed by atoms with van der Waals surface area (Å²) >= 11 is 0. The number of benzene rings is 2. The quantitative estimate of drug-likeness (QED) is 0.730. The Morgan fingerprint density at radius 1 is 1.05 bits per heavy atom. The van der Waals surface area contributed by atoms with Crippen molar-refractivity contribution in [3.8, 4) is 28.3 Å². The van der Waals surface area contributed by atoms with Crippen LogP contribution in [0.25, 0.3) is 22.6 Å². The monoisotopic (exact) mass is 270 g/mol. The maximum atomic E-state index is 13.4. The fourth-order valence-electron chi connectivity index (χ4n) is 2.00. The Morgan fingerprint density at radius 3 is 2.45 bits per heavy atom. The molecule has 0 aliphatic carbocycles. The van der Waals surface area contributed by atoms with E-state index in [2.05, 4.69) is 10.2 Å². The first kappa shape index (κ1) is 12.3. The summed E-state index contributed by atoms with van der Waals surface area (Å²) in [5, 5.41) is 7.47. The second-order valence-corrected chi connectivity index (χ2v) is 4.17. The number of ether oxygens (including phenoxy) is 1. The van der Waals surface area contributed by atoms with Crippen molar-refractivity contribution in [1.82, 2.24) is 10.2 Å². The highest BCUT2D eigenvalue weighted by Gasteiger charge is 2.09. The van der Waals surface area contributed by atoms with Crippen molar-refractivity contribution in [2.24, 2.45) is 0 Å². The molecule has 1 aromatic heterocycles. The van der Waals surface area contributed by atoms with Gasteiger partial charge in [0.2, 0.25) is 12.3 Å². The van der Waals surface area contributed by atoms with Crippen molar-refractivity contribution in [2.45, 2.75) is 0 Å². The first-order chi connectivity index (χ1) is 9.78. The average Bonchev–Trinajstić information content (AvgIpc) is 3.02. The van der Waals surface area contributed by atoms with Crippen LogP contribution < -0.4 is 4.74 Å². The summed E-state index contributed by atoms with van der Waals surface area (Å²) in [6.07, 6.45) is 1.28. The molecule has 0 radical (unpaired) electrons. The molecule has 0 aliphatic heterocycles. The Morgan fingerprint density at radius 2 is 1.80 bits per heavy atom. The van der Waals surface area contributed by atoms with Gasteiger partial charge in [-0.05, 0) is 35.9 Å². The van der Waals surface area contributed by atoms with Crippen molar-refractivity contribution in [3.05, 3.63) is 54.7 Å². The van der Waals surface area contributed by atoms with E-state index in [1.54, 1.807) is 13.2 Å². The smallest absolute Gasteiger partial charge is 0.247 e. The molecule has 100 valence electrons. The molecule has 0 fully saturated rings. The van der Waals surface area contributed by atoms with Gasteiger partial charge in [0.05, 0.1) is 7.11 Å². The van der Waals surface area contributed by atoms with Crippen molar-refractivity contribution in [3.63, 3.8) is 0 Å².